The maximum absolute atomic E-state index is 5.39. The van der Waals surface area contributed by atoms with Crippen LogP contribution in [0.25, 0.3) is 16.8 Å². The lowest BCUT2D eigenvalue weighted by Gasteiger charge is -2.07. The Morgan fingerprint density at radius 2 is 2.05 bits per heavy atom. The Morgan fingerprint density at radius 1 is 1.21 bits per heavy atom. The molecule has 3 rings (SSSR count). The van der Waals surface area contributed by atoms with Gasteiger partial charge in [0.05, 0.1) is 12.8 Å². The second-order valence-electron chi connectivity index (χ2n) is 4.53. The van der Waals surface area contributed by atoms with Crippen molar-refractivity contribution in [3.05, 3.63) is 47.9 Å². The SMILES string of the molecule is COc1cc(-c2c(C)nn3cccnc23)ccc1C. The van der Waals surface area contributed by atoms with Crippen molar-refractivity contribution in [3.63, 3.8) is 0 Å². The maximum Gasteiger partial charge on any atom is 0.163 e. The van der Waals surface area contributed by atoms with Gasteiger partial charge in [0, 0.05) is 18.0 Å². The van der Waals surface area contributed by atoms with Gasteiger partial charge in [-0.25, -0.2) is 9.50 Å². The molecule has 0 spiro atoms. The van der Waals surface area contributed by atoms with E-state index < -0.39 is 0 Å². The Kier molecular flexibility index (Phi) is 2.71. The highest BCUT2D eigenvalue weighted by atomic mass is 16.5. The molecule has 0 saturated carbocycles. The topological polar surface area (TPSA) is 39.4 Å². The third kappa shape index (κ3) is 1.85. The Morgan fingerprint density at radius 3 is 2.84 bits per heavy atom. The summed E-state index contributed by atoms with van der Waals surface area (Å²) in [6.07, 6.45) is 3.69. The van der Waals surface area contributed by atoms with Gasteiger partial charge in [-0.2, -0.15) is 5.10 Å². The minimum Gasteiger partial charge on any atom is -0.496 e. The van der Waals surface area contributed by atoms with E-state index in [0.29, 0.717) is 0 Å². The summed E-state index contributed by atoms with van der Waals surface area (Å²) in [7, 11) is 1.69. The van der Waals surface area contributed by atoms with Crippen molar-refractivity contribution in [2.75, 3.05) is 7.11 Å². The fourth-order valence-electron chi connectivity index (χ4n) is 2.31. The van der Waals surface area contributed by atoms with Gasteiger partial charge in [0.2, 0.25) is 0 Å². The molecule has 96 valence electrons. The molecular weight excluding hydrogens is 238 g/mol. The van der Waals surface area contributed by atoms with Crippen molar-refractivity contribution in [1.82, 2.24) is 14.6 Å². The van der Waals surface area contributed by atoms with Gasteiger partial charge in [-0.1, -0.05) is 12.1 Å². The van der Waals surface area contributed by atoms with Gasteiger partial charge >= 0.3 is 0 Å². The van der Waals surface area contributed by atoms with Crippen LogP contribution in [0.4, 0.5) is 0 Å². The molecule has 0 fully saturated rings. The molecule has 0 aliphatic heterocycles. The smallest absolute Gasteiger partial charge is 0.163 e. The summed E-state index contributed by atoms with van der Waals surface area (Å²) in [5.41, 5.74) is 5.08. The third-order valence-corrected chi connectivity index (χ3v) is 3.27. The lowest BCUT2D eigenvalue weighted by Crippen LogP contribution is -1.90. The normalized spacial score (nSPS) is 10.9. The first-order valence-electron chi connectivity index (χ1n) is 6.15. The molecular formula is C15H15N3O. The van der Waals surface area contributed by atoms with Crippen molar-refractivity contribution in [3.8, 4) is 16.9 Å². The fraction of sp³-hybridized carbons (Fsp3) is 0.200. The van der Waals surface area contributed by atoms with Crippen LogP contribution in [0.2, 0.25) is 0 Å². The zero-order valence-corrected chi connectivity index (χ0v) is 11.2. The molecule has 2 aromatic heterocycles. The van der Waals surface area contributed by atoms with Gasteiger partial charge in [0.25, 0.3) is 0 Å². The largest absolute Gasteiger partial charge is 0.496 e. The average molecular weight is 253 g/mol. The van der Waals surface area contributed by atoms with E-state index in [2.05, 4.69) is 22.2 Å². The summed E-state index contributed by atoms with van der Waals surface area (Å²) < 4.78 is 7.19. The van der Waals surface area contributed by atoms with Crippen LogP contribution in [0.15, 0.2) is 36.7 Å². The molecule has 3 aromatic rings. The maximum atomic E-state index is 5.39. The number of ether oxygens (including phenoxy) is 1. The highest BCUT2D eigenvalue weighted by molar-refractivity contribution is 5.80. The number of aromatic nitrogens is 3. The first kappa shape index (κ1) is 11.7. The van der Waals surface area contributed by atoms with Crippen molar-refractivity contribution in [1.29, 1.82) is 0 Å². The molecule has 0 radical (unpaired) electrons. The first-order valence-corrected chi connectivity index (χ1v) is 6.15. The number of methoxy groups -OCH3 is 1. The van der Waals surface area contributed by atoms with Gasteiger partial charge < -0.3 is 4.74 Å². The fourth-order valence-corrected chi connectivity index (χ4v) is 2.31. The summed E-state index contributed by atoms with van der Waals surface area (Å²) >= 11 is 0. The Balaban J connectivity index is 2.27. The molecule has 0 saturated heterocycles. The van der Waals surface area contributed by atoms with E-state index in [1.165, 1.54) is 0 Å². The van der Waals surface area contributed by atoms with E-state index in [0.717, 1.165) is 33.8 Å². The molecule has 4 heteroatoms. The minimum atomic E-state index is 0.867. The molecule has 4 nitrogen and oxygen atoms in total. The molecule has 0 aliphatic carbocycles. The predicted molar refractivity (Wildman–Crippen MR) is 74.4 cm³/mol. The number of benzene rings is 1. The van der Waals surface area contributed by atoms with Gasteiger partial charge in [0.1, 0.15) is 5.75 Å². The quantitative estimate of drug-likeness (QED) is 0.704. The van der Waals surface area contributed by atoms with Crippen LogP contribution < -0.4 is 4.74 Å². The van der Waals surface area contributed by atoms with Gasteiger partial charge in [0.15, 0.2) is 5.65 Å². The summed E-state index contributed by atoms with van der Waals surface area (Å²) in [5.74, 6) is 0.882. The van der Waals surface area contributed by atoms with Gasteiger partial charge in [-0.15, -0.1) is 0 Å². The highest BCUT2D eigenvalue weighted by Crippen LogP contribution is 2.31. The third-order valence-electron chi connectivity index (χ3n) is 3.27. The molecule has 0 amide bonds. The van der Waals surface area contributed by atoms with Gasteiger partial charge in [-0.3, -0.25) is 0 Å². The van der Waals surface area contributed by atoms with E-state index in [1.807, 2.05) is 32.2 Å². The Bertz CT molecular complexity index is 746. The van der Waals surface area contributed by atoms with Gasteiger partial charge in [-0.05, 0) is 37.1 Å². The number of aryl methyl sites for hydroxylation is 2. The molecule has 0 N–H and O–H groups in total. The van der Waals surface area contributed by atoms with Crippen molar-refractivity contribution >= 4 is 5.65 Å². The average Bonchev–Trinajstić information content (AvgIpc) is 2.75. The van der Waals surface area contributed by atoms with E-state index >= 15 is 0 Å². The number of nitrogens with zero attached hydrogens (tertiary/aromatic N) is 3. The van der Waals surface area contributed by atoms with E-state index in [1.54, 1.807) is 17.8 Å². The zero-order chi connectivity index (χ0) is 13.4. The minimum absolute atomic E-state index is 0.867. The standard InChI is InChI=1S/C15H15N3O/c1-10-5-6-12(9-13(10)19-3)14-11(2)17-18-8-4-7-16-15(14)18/h4-9H,1-3H3. The Labute approximate surface area is 111 Å². The van der Waals surface area contributed by atoms with E-state index in [9.17, 15) is 0 Å². The zero-order valence-electron chi connectivity index (χ0n) is 11.2. The lowest BCUT2D eigenvalue weighted by atomic mass is 10.0. The molecule has 0 atom stereocenters. The number of hydrogen-bond donors (Lipinski definition) is 0. The van der Waals surface area contributed by atoms with Crippen LogP contribution in [-0.2, 0) is 0 Å². The second-order valence-corrected chi connectivity index (χ2v) is 4.53. The Hall–Kier alpha value is -2.36. The number of rotatable bonds is 2. The first-order chi connectivity index (χ1) is 9.20. The molecule has 1 aromatic carbocycles. The molecule has 0 unspecified atom stereocenters. The van der Waals surface area contributed by atoms with Crippen LogP contribution in [0.3, 0.4) is 0 Å². The number of hydrogen-bond acceptors (Lipinski definition) is 3. The highest BCUT2D eigenvalue weighted by Gasteiger charge is 2.13. The van der Waals surface area contributed by atoms with Crippen LogP contribution in [0.5, 0.6) is 5.75 Å². The van der Waals surface area contributed by atoms with Crippen molar-refractivity contribution < 1.29 is 4.74 Å². The number of fused-ring (bicyclic) bond motifs is 1. The van der Waals surface area contributed by atoms with E-state index in [-0.39, 0.29) is 0 Å². The van der Waals surface area contributed by atoms with Crippen LogP contribution in [-0.4, -0.2) is 21.7 Å². The van der Waals surface area contributed by atoms with Crippen molar-refractivity contribution in [2.45, 2.75) is 13.8 Å². The van der Waals surface area contributed by atoms with Crippen LogP contribution in [0, 0.1) is 13.8 Å². The summed E-state index contributed by atoms with van der Waals surface area (Å²) in [4.78, 5) is 4.42. The summed E-state index contributed by atoms with van der Waals surface area (Å²) in [5, 5.41) is 4.48. The lowest BCUT2D eigenvalue weighted by molar-refractivity contribution is 0.412. The monoisotopic (exact) mass is 253 g/mol. The molecule has 0 bridgehead atoms. The molecule has 0 aliphatic rings. The van der Waals surface area contributed by atoms with Crippen LogP contribution in [0.1, 0.15) is 11.3 Å². The van der Waals surface area contributed by atoms with Crippen molar-refractivity contribution in [2.24, 2.45) is 0 Å². The predicted octanol–water partition coefficient (Wildman–Crippen LogP) is 3.02. The molecule has 19 heavy (non-hydrogen) atoms. The summed E-state index contributed by atoms with van der Waals surface area (Å²) in [6, 6.07) is 8.05. The molecule has 2 heterocycles. The van der Waals surface area contributed by atoms with Crippen LogP contribution >= 0.6 is 0 Å². The van der Waals surface area contributed by atoms with E-state index in [4.69, 9.17) is 4.74 Å². The second kappa shape index (κ2) is 4.39. The summed E-state index contributed by atoms with van der Waals surface area (Å²) in [6.45, 7) is 4.03.